The molecule has 4 rings (SSSR count). The van der Waals surface area contributed by atoms with Gasteiger partial charge in [0.05, 0.1) is 11.3 Å². The molecule has 1 aliphatic rings. The molecule has 29 heavy (non-hydrogen) atoms. The third kappa shape index (κ3) is 4.00. The maximum atomic E-state index is 13.3. The van der Waals surface area contributed by atoms with Gasteiger partial charge < -0.3 is 4.90 Å². The highest BCUT2D eigenvalue weighted by Crippen LogP contribution is 2.29. The fourth-order valence-electron chi connectivity index (χ4n) is 3.15. The van der Waals surface area contributed by atoms with Crippen LogP contribution in [0.5, 0.6) is 0 Å². The fraction of sp³-hybridized carbons (Fsp3) is 0.0833. The molecule has 0 atom stereocenters. The van der Waals surface area contributed by atoms with E-state index >= 15 is 0 Å². The summed E-state index contributed by atoms with van der Waals surface area (Å²) < 4.78 is 0.955. The van der Waals surface area contributed by atoms with Crippen LogP contribution in [0.25, 0.3) is 6.08 Å². The number of nitrogens with zero attached hydrogens (tertiary/aromatic N) is 3. The average Bonchev–Trinajstić information content (AvgIpc) is 3.06. The van der Waals surface area contributed by atoms with Gasteiger partial charge in [-0.3, -0.25) is 4.79 Å². The van der Waals surface area contributed by atoms with E-state index in [1.54, 1.807) is 0 Å². The van der Waals surface area contributed by atoms with E-state index in [4.69, 9.17) is 0 Å². The smallest absolute Gasteiger partial charge is 0.281 e. The Kier molecular flexibility index (Phi) is 5.32. The molecule has 144 valence electrons. The summed E-state index contributed by atoms with van der Waals surface area (Å²) in [5.41, 5.74) is 4.97. The summed E-state index contributed by atoms with van der Waals surface area (Å²) in [6.45, 7) is 0. The van der Waals surface area contributed by atoms with E-state index in [0.717, 1.165) is 27.0 Å². The zero-order chi connectivity index (χ0) is 20.4. The minimum absolute atomic E-state index is 0.136. The van der Waals surface area contributed by atoms with Crippen molar-refractivity contribution in [3.63, 3.8) is 0 Å². The average molecular weight is 446 g/mol. The van der Waals surface area contributed by atoms with Crippen LogP contribution in [0.4, 0.5) is 11.4 Å². The quantitative estimate of drug-likeness (QED) is 0.507. The molecular formula is C24H20BrN3O. The van der Waals surface area contributed by atoms with Crippen molar-refractivity contribution in [3.8, 4) is 0 Å². The van der Waals surface area contributed by atoms with Crippen LogP contribution in [0, 0.1) is 0 Å². The first-order valence-electron chi connectivity index (χ1n) is 9.26. The van der Waals surface area contributed by atoms with Crippen LogP contribution in [-0.4, -0.2) is 25.7 Å². The molecule has 0 radical (unpaired) electrons. The lowest BCUT2D eigenvalue weighted by atomic mass is 10.00. The third-order valence-corrected chi connectivity index (χ3v) is 5.25. The molecule has 0 aromatic heterocycles. The Morgan fingerprint density at radius 2 is 1.55 bits per heavy atom. The van der Waals surface area contributed by atoms with Gasteiger partial charge in [-0.1, -0.05) is 58.4 Å². The van der Waals surface area contributed by atoms with Crippen LogP contribution in [0.2, 0.25) is 0 Å². The van der Waals surface area contributed by atoms with Gasteiger partial charge in [0.25, 0.3) is 5.91 Å². The molecule has 0 spiro atoms. The normalized spacial score (nSPS) is 15.0. The molecule has 0 saturated heterocycles. The molecule has 0 N–H and O–H groups in total. The number of carbonyl (C=O) groups excluding carboxylic acids is 1. The number of benzene rings is 3. The largest absolute Gasteiger partial charge is 0.378 e. The Hall–Kier alpha value is -3.18. The van der Waals surface area contributed by atoms with Crippen molar-refractivity contribution >= 4 is 45.0 Å². The van der Waals surface area contributed by atoms with Crippen molar-refractivity contribution in [1.29, 1.82) is 0 Å². The maximum Gasteiger partial charge on any atom is 0.281 e. The Morgan fingerprint density at radius 1 is 0.897 bits per heavy atom. The molecule has 3 aromatic rings. The Balaban J connectivity index is 1.77. The minimum Gasteiger partial charge on any atom is -0.378 e. The minimum atomic E-state index is -0.136. The number of amides is 1. The van der Waals surface area contributed by atoms with E-state index in [1.807, 2.05) is 104 Å². The van der Waals surface area contributed by atoms with Crippen LogP contribution in [-0.2, 0) is 4.79 Å². The van der Waals surface area contributed by atoms with Crippen LogP contribution >= 0.6 is 15.9 Å². The van der Waals surface area contributed by atoms with Crippen LogP contribution in [0.15, 0.2) is 94.0 Å². The number of hydrazone groups is 1. The van der Waals surface area contributed by atoms with Gasteiger partial charge in [-0.05, 0) is 48.0 Å². The van der Waals surface area contributed by atoms with E-state index < -0.39 is 0 Å². The summed E-state index contributed by atoms with van der Waals surface area (Å²) in [6, 6.07) is 25.5. The molecule has 0 fully saturated rings. The number of halogens is 1. The van der Waals surface area contributed by atoms with Crippen molar-refractivity contribution in [2.24, 2.45) is 5.10 Å². The first kappa shape index (κ1) is 19.2. The summed E-state index contributed by atoms with van der Waals surface area (Å²) in [5.74, 6) is -0.136. The number of carbonyl (C=O) groups is 1. The molecule has 0 aliphatic carbocycles. The topological polar surface area (TPSA) is 35.9 Å². The molecular weight excluding hydrogens is 426 g/mol. The van der Waals surface area contributed by atoms with Crippen molar-refractivity contribution in [3.05, 3.63) is 100 Å². The number of hydrogen-bond donors (Lipinski definition) is 0. The monoisotopic (exact) mass is 445 g/mol. The number of hydrogen-bond acceptors (Lipinski definition) is 3. The summed E-state index contributed by atoms with van der Waals surface area (Å²) in [6.07, 6.45) is 1.91. The van der Waals surface area contributed by atoms with Crippen molar-refractivity contribution in [1.82, 2.24) is 0 Å². The zero-order valence-electron chi connectivity index (χ0n) is 16.2. The second kappa shape index (κ2) is 8.05. The molecule has 4 nitrogen and oxygen atoms in total. The lowest BCUT2D eigenvalue weighted by Crippen LogP contribution is -2.21. The van der Waals surface area contributed by atoms with Gasteiger partial charge in [0.2, 0.25) is 0 Å². The number of rotatable bonds is 4. The lowest BCUT2D eigenvalue weighted by Gasteiger charge is -2.12. The highest BCUT2D eigenvalue weighted by molar-refractivity contribution is 9.10. The van der Waals surface area contributed by atoms with E-state index in [9.17, 15) is 4.79 Å². The summed E-state index contributed by atoms with van der Waals surface area (Å²) >= 11 is 3.44. The first-order chi connectivity index (χ1) is 14.0. The molecule has 1 aliphatic heterocycles. The Bertz CT molecular complexity index is 1090. The highest BCUT2D eigenvalue weighted by atomic mass is 79.9. The molecule has 0 bridgehead atoms. The van der Waals surface area contributed by atoms with Crippen molar-refractivity contribution in [2.45, 2.75) is 0 Å². The van der Waals surface area contributed by atoms with E-state index in [0.29, 0.717) is 11.3 Å². The predicted octanol–water partition coefficient (Wildman–Crippen LogP) is 5.35. The van der Waals surface area contributed by atoms with Crippen LogP contribution in [0.3, 0.4) is 0 Å². The fourth-order valence-corrected chi connectivity index (χ4v) is 3.41. The standard InChI is InChI=1S/C24H20BrN3O/c1-27(2)20-12-8-17(9-13-20)16-22-23(18-6-4-3-5-7-18)26-28(24(22)29)21-14-10-19(25)11-15-21/h3-16H,1-2H3/b22-16-. The second-order valence-electron chi connectivity index (χ2n) is 6.95. The summed E-state index contributed by atoms with van der Waals surface area (Å²) in [7, 11) is 4.01. The first-order valence-corrected chi connectivity index (χ1v) is 10.1. The summed E-state index contributed by atoms with van der Waals surface area (Å²) in [5, 5.41) is 6.14. The molecule has 5 heteroatoms. The molecule has 0 unspecified atom stereocenters. The van der Waals surface area contributed by atoms with Crippen molar-refractivity contribution in [2.75, 3.05) is 24.0 Å². The second-order valence-corrected chi connectivity index (χ2v) is 7.87. The zero-order valence-corrected chi connectivity index (χ0v) is 17.8. The summed E-state index contributed by atoms with van der Waals surface area (Å²) in [4.78, 5) is 15.3. The maximum absolute atomic E-state index is 13.3. The number of anilines is 2. The Morgan fingerprint density at radius 3 is 2.17 bits per heavy atom. The van der Waals surface area contributed by atoms with Crippen LogP contribution < -0.4 is 9.91 Å². The van der Waals surface area contributed by atoms with E-state index in [1.165, 1.54) is 5.01 Å². The van der Waals surface area contributed by atoms with Gasteiger partial charge in [-0.25, -0.2) is 0 Å². The van der Waals surface area contributed by atoms with Gasteiger partial charge in [0.1, 0.15) is 5.71 Å². The molecule has 1 heterocycles. The van der Waals surface area contributed by atoms with Gasteiger partial charge in [-0.2, -0.15) is 10.1 Å². The van der Waals surface area contributed by atoms with Gasteiger partial charge in [0, 0.05) is 29.8 Å². The van der Waals surface area contributed by atoms with Gasteiger partial charge >= 0.3 is 0 Å². The Labute approximate surface area is 178 Å². The lowest BCUT2D eigenvalue weighted by molar-refractivity contribution is -0.114. The van der Waals surface area contributed by atoms with Gasteiger partial charge in [0.15, 0.2) is 0 Å². The van der Waals surface area contributed by atoms with Crippen molar-refractivity contribution < 1.29 is 4.79 Å². The van der Waals surface area contributed by atoms with E-state index in [-0.39, 0.29) is 5.91 Å². The SMILES string of the molecule is CN(C)c1ccc(/C=C2\C(=O)N(c3ccc(Br)cc3)N=C2c2ccccc2)cc1. The third-order valence-electron chi connectivity index (χ3n) is 4.72. The molecule has 1 amide bonds. The van der Waals surface area contributed by atoms with Gasteiger partial charge in [-0.15, -0.1) is 0 Å². The molecule has 3 aromatic carbocycles. The molecule has 0 saturated carbocycles. The van der Waals surface area contributed by atoms with E-state index in [2.05, 4.69) is 21.0 Å². The van der Waals surface area contributed by atoms with Crippen LogP contribution in [0.1, 0.15) is 11.1 Å². The highest BCUT2D eigenvalue weighted by Gasteiger charge is 2.31. The predicted molar refractivity (Wildman–Crippen MR) is 123 cm³/mol.